The van der Waals surface area contributed by atoms with Crippen molar-refractivity contribution in [3.63, 3.8) is 0 Å². The monoisotopic (exact) mass is 344 g/mol. The highest BCUT2D eigenvalue weighted by Crippen LogP contribution is 2.40. The predicted octanol–water partition coefficient (Wildman–Crippen LogP) is 3.32. The van der Waals surface area contributed by atoms with Crippen molar-refractivity contribution in [2.45, 2.75) is 52.2 Å². The van der Waals surface area contributed by atoms with Gasteiger partial charge in [0.25, 0.3) is 0 Å². The molecule has 2 fully saturated rings. The Morgan fingerprint density at radius 3 is 2.72 bits per heavy atom. The summed E-state index contributed by atoms with van der Waals surface area (Å²) in [6, 6.07) is 10.6. The zero-order valence-electron chi connectivity index (χ0n) is 15.7. The summed E-state index contributed by atoms with van der Waals surface area (Å²) in [5, 5.41) is 0. The second-order valence-corrected chi connectivity index (χ2v) is 7.89. The van der Waals surface area contributed by atoms with Crippen molar-refractivity contribution in [1.82, 2.24) is 9.80 Å². The van der Waals surface area contributed by atoms with Gasteiger partial charge in [0.15, 0.2) is 0 Å². The molecule has 0 radical (unpaired) electrons. The Morgan fingerprint density at radius 2 is 1.96 bits per heavy atom. The minimum atomic E-state index is -0.104. The number of amides is 1. The first kappa shape index (κ1) is 18.4. The molecule has 0 N–H and O–H groups in total. The highest BCUT2D eigenvalue weighted by molar-refractivity contribution is 5.84. The second-order valence-electron chi connectivity index (χ2n) is 7.89. The molecule has 0 saturated carbocycles. The number of ether oxygens (including phenoxy) is 1. The van der Waals surface area contributed by atoms with Crippen molar-refractivity contribution < 1.29 is 9.53 Å². The number of carbonyl (C=O) groups excluding carboxylic acids is 1. The van der Waals surface area contributed by atoms with Crippen molar-refractivity contribution in [3.8, 4) is 0 Å². The molecule has 1 amide bonds. The summed E-state index contributed by atoms with van der Waals surface area (Å²) in [7, 11) is 0. The Bertz CT molecular complexity index is 560. The molecular formula is C21H32N2O2. The summed E-state index contributed by atoms with van der Waals surface area (Å²) in [5.41, 5.74) is 1.12. The van der Waals surface area contributed by atoms with Crippen LogP contribution in [0.25, 0.3) is 0 Å². The first-order chi connectivity index (χ1) is 12.1. The van der Waals surface area contributed by atoms with Gasteiger partial charge < -0.3 is 14.5 Å². The number of hydrogen-bond donors (Lipinski definition) is 0. The van der Waals surface area contributed by atoms with Gasteiger partial charge in [-0.25, -0.2) is 0 Å². The molecule has 2 saturated heterocycles. The lowest BCUT2D eigenvalue weighted by Gasteiger charge is -2.41. The number of rotatable bonds is 7. The highest BCUT2D eigenvalue weighted by atomic mass is 16.5. The molecule has 2 aliphatic heterocycles. The van der Waals surface area contributed by atoms with Crippen molar-refractivity contribution in [3.05, 3.63) is 35.9 Å². The molecular weight excluding hydrogens is 312 g/mol. The molecule has 138 valence electrons. The zero-order valence-corrected chi connectivity index (χ0v) is 15.7. The molecule has 0 unspecified atom stereocenters. The van der Waals surface area contributed by atoms with Gasteiger partial charge >= 0.3 is 0 Å². The molecule has 1 atom stereocenters. The average molecular weight is 344 g/mol. The Morgan fingerprint density at radius 1 is 1.16 bits per heavy atom. The molecule has 1 spiro atoms. The molecule has 3 rings (SSSR count). The topological polar surface area (TPSA) is 32.8 Å². The predicted molar refractivity (Wildman–Crippen MR) is 100 cm³/mol. The number of benzene rings is 1. The first-order valence-electron chi connectivity index (χ1n) is 9.76. The fourth-order valence-corrected chi connectivity index (χ4v) is 4.28. The van der Waals surface area contributed by atoms with Crippen LogP contribution >= 0.6 is 0 Å². The van der Waals surface area contributed by atoms with E-state index in [1.165, 1.54) is 5.56 Å². The standard InChI is InChI=1S/C21H32N2O2/c1-18(2)23-13-6-10-21(20(23)24)11-14-22(17-21)12-7-15-25-16-19-8-4-3-5-9-19/h3-5,8-9,18H,6-7,10-17H2,1-2H3/t21-/m0/s1. The number of hydrogen-bond acceptors (Lipinski definition) is 3. The van der Waals surface area contributed by atoms with Gasteiger partial charge in [-0.05, 0) is 51.6 Å². The van der Waals surface area contributed by atoms with Gasteiger partial charge in [0.05, 0.1) is 12.0 Å². The van der Waals surface area contributed by atoms with E-state index >= 15 is 0 Å². The average Bonchev–Trinajstić information content (AvgIpc) is 3.02. The lowest BCUT2D eigenvalue weighted by Crippen LogP contribution is -2.52. The zero-order chi connectivity index (χ0) is 17.7. The quantitative estimate of drug-likeness (QED) is 0.712. The van der Waals surface area contributed by atoms with Gasteiger partial charge in [0.1, 0.15) is 0 Å². The third kappa shape index (κ3) is 4.42. The molecule has 1 aromatic rings. The number of nitrogens with zero attached hydrogens (tertiary/aromatic N) is 2. The number of carbonyl (C=O) groups is 1. The Hall–Kier alpha value is -1.39. The number of likely N-dealkylation sites (tertiary alicyclic amines) is 2. The molecule has 2 heterocycles. The van der Waals surface area contributed by atoms with E-state index in [2.05, 4.69) is 35.8 Å². The van der Waals surface area contributed by atoms with Crippen LogP contribution in [0.4, 0.5) is 0 Å². The van der Waals surface area contributed by atoms with E-state index in [1.54, 1.807) is 0 Å². The van der Waals surface area contributed by atoms with Gasteiger partial charge in [0.2, 0.25) is 5.91 Å². The van der Waals surface area contributed by atoms with E-state index in [4.69, 9.17) is 4.74 Å². The lowest BCUT2D eigenvalue weighted by molar-refractivity contribution is -0.147. The maximum atomic E-state index is 12.9. The summed E-state index contributed by atoms with van der Waals surface area (Å²) < 4.78 is 5.78. The van der Waals surface area contributed by atoms with Crippen LogP contribution < -0.4 is 0 Å². The fraction of sp³-hybridized carbons (Fsp3) is 0.667. The van der Waals surface area contributed by atoms with E-state index < -0.39 is 0 Å². The molecule has 1 aromatic carbocycles. The molecule has 0 aliphatic carbocycles. The molecule has 25 heavy (non-hydrogen) atoms. The van der Waals surface area contributed by atoms with Crippen LogP contribution in [0.3, 0.4) is 0 Å². The van der Waals surface area contributed by atoms with E-state index in [0.29, 0.717) is 18.6 Å². The maximum absolute atomic E-state index is 12.9. The van der Waals surface area contributed by atoms with Gasteiger partial charge in [-0.3, -0.25) is 4.79 Å². The van der Waals surface area contributed by atoms with E-state index in [1.807, 2.05) is 18.2 Å². The first-order valence-corrected chi connectivity index (χ1v) is 9.76. The van der Waals surface area contributed by atoms with Gasteiger partial charge in [-0.15, -0.1) is 0 Å². The summed E-state index contributed by atoms with van der Waals surface area (Å²) in [4.78, 5) is 17.5. The van der Waals surface area contributed by atoms with E-state index in [0.717, 1.165) is 58.5 Å². The van der Waals surface area contributed by atoms with Crippen molar-refractivity contribution in [2.24, 2.45) is 5.41 Å². The SMILES string of the molecule is CC(C)N1CCC[C@@]2(CCN(CCCOCc3ccccc3)C2)C1=O. The van der Waals surface area contributed by atoms with Crippen LogP contribution in [0.5, 0.6) is 0 Å². The Kier molecular flexibility index (Phi) is 6.13. The van der Waals surface area contributed by atoms with Gasteiger partial charge in [0, 0.05) is 32.3 Å². The smallest absolute Gasteiger partial charge is 0.230 e. The molecule has 0 bridgehead atoms. The van der Waals surface area contributed by atoms with Crippen LogP contribution in [0.2, 0.25) is 0 Å². The van der Waals surface area contributed by atoms with Gasteiger partial charge in [-0.1, -0.05) is 30.3 Å². The number of piperidine rings is 1. The van der Waals surface area contributed by atoms with Crippen molar-refractivity contribution >= 4 is 5.91 Å². The van der Waals surface area contributed by atoms with Crippen LogP contribution in [0, 0.1) is 5.41 Å². The lowest BCUT2D eigenvalue weighted by atomic mass is 9.78. The normalized spacial score (nSPS) is 24.6. The maximum Gasteiger partial charge on any atom is 0.230 e. The van der Waals surface area contributed by atoms with Crippen LogP contribution in [0.15, 0.2) is 30.3 Å². The van der Waals surface area contributed by atoms with E-state index in [-0.39, 0.29) is 5.41 Å². The molecule has 2 aliphatic rings. The molecule has 0 aromatic heterocycles. The molecule has 4 heteroatoms. The minimum Gasteiger partial charge on any atom is -0.377 e. The summed E-state index contributed by atoms with van der Waals surface area (Å²) in [5.74, 6) is 0.400. The minimum absolute atomic E-state index is 0.104. The largest absolute Gasteiger partial charge is 0.377 e. The Balaban J connectivity index is 1.40. The van der Waals surface area contributed by atoms with Gasteiger partial charge in [-0.2, -0.15) is 0 Å². The van der Waals surface area contributed by atoms with Crippen molar-refractivity contribution in [1.29, 1.82) is 0 Å². The molecule has 4 nitrogen and oxygen atoms in total. The summed E-state index contributed by atoms with van der Waals surface area (Å²) >= 11 is 0. The fourth-order valence-electron chi connectivity index (χ4n) is 4.28. The third-order valence-corrected chi connectivity index (χ3v) is 5.70. The highest BCUT2D eigenvalue weighted by Gasteiger charge is 2.48. The van der Waals surface area contributed by atoms with E-state index in [9.17, 15) is 4.79 Å². The van der Waals surface area contributed by atoms with Crippen LogP contribution in [-0.2, 0) is 16.1 Å². The van der Waals surface area contributed by atoms with Crippen LogP contribution in [0.1, 0.15) is 45.1 Å². The second kappa shape index (κ2) is 8.33. The summed E-state index contributed by atoms with van der Waals surface area (Å²) in [6.45, 7) is 9.69. The van der Waals surface area contributed by atoms with Crippen molar-refractivity contribution in [2.75, 3.05) is 32.8 Å². The van der Waals surface area contributed by atoms with Crippen LogP contribution in [-0.4, -0.2) is 54.5 Å². The Labute approximate surface area is 152 Å². The third-order valence-electron chi connectivity index (χ3n) is 5.70. The summed E-state index contributed by atoms with van der Waals surface area (Å²) in [6.07, 6.45) is 4.28.